The Labute approximate surface area is 132 Å². The van der Waals surface area contributed by atoms with Gasteiger partial charge in [-0.05, 0) is 36.4 Å². The number of carbonyl (C=O) groups is 1. The lowest BCUT2D eigenvalue weighted by atomic mass is 10.2. The first kappa shape index (κ1) is 16.0. The van der Waals surface area contributed by atoms with Crippen molar-refractivity contribution in [2.45, 2.75) is 23.6 Å². The van der Waals surface area contributed by atoms with Crippen molar-refractivity contribution in [1.82, 2.24) is 0 Å². The van der Waals surface area contributed by atoms with E-state index in [0.29, 0.717) is 0 Å². The Hall–Kier alpha value is -2.34. The fourth-order valence-corrected chi connectivity index (χ4v) is 2.48. The van der Waals surface area contributed by atoms with Crippen molar-refractivity contribution in [3.63, 3.8) is 0 Å². The van der Waals surface area contributed by atoms with Gasteiger partial charge >= 0.3 is 0 Å². The minimum absolute atomic E-state index is 0.0178. The molecular formula is C16H16N2O3S. The van der Waals surface area contributed by atoms with E-state index in [1.807, 2.05) is 38.1 Å². The highest BCUT2D eigenvalue weighted by molar-refractivity contribution is 7.99. The normalized spacial score (nSPS) is 10.5. The Morgan fingerprint density at radius 2 is 1.55 bits per heavy atom. The SMILES string of the molecule is CC(C)C(=O)Nc1ccc(Sc2ccc([N+](=O)[O-])cc2)cc1. The van der Waals surface area contributed by atoms with Crippen molar-refractivity contribution in [2.75, 3.05) is 5.32 Å². The van der Waals surface area contributed by atoms with E-state index in [1.165, 1.54) is 23.9 Å². The van der Waals surface area contributed by atoms with Gasteiger partial charge in [-0.2, -0.15) is 0 Å². The van der Waals surface area contributed by atoms with Crippen molar-refractivity contribution >= 4 is 29.0 Å². The van der Waals surface area contributed by atoms with Gasteiger partial charge in [0.2, 0.25) is 5.91 Å². The van der Waals surface area contributed by atoms with Crippen LogP contribution in [0.1, 0.15) is 13.8 Å². The number of amides is 1. The van der Waals surface area contributed by atoms with E-state index in [1.54, 1.807) is 12.1 Å². The zero-order chi connectivity index (χ0) is 16.1. The molecule has 2 rings (SSSR count). The van der Waals surface area contributed by atoms with Crippen molar-refractivity contribution in [1.29, 1.82) is 0 Å². The molecular weight excluding hydrogens is 300 g/mol. The highest BCUT2D eigenvalue weighted by atomic mass is 32.2. The van der Waals surface area contributed by atoms with Crippen LogP contribution in [0.2, 0.25) is 0 Å². The minimum Gasteiger partial charge on any atom is -0.326 e. The summed E-state index contributed by atoms with van der Waals surface area (Å²) in [5, 5.41) is 13.4. The van der Waals surface area contributed by atoms with Crippen molar-refractivity contribution in [3.8, 4) is 0 Å². The van der Waals surface area contributed by atoms with Crippen LogP contribution in [-0.4, -0.2) is 10.8 Å². The molecule has 0 radical (unpaired) electrons. The number of benzene rings is 2. The number of nitrogens with zero attached hydrogens (tertiary/aromatic N) is 1. The molecule has 22 heavy (non-hydrogen) atoms. The summed E-state index contributed by atoms with van der Waals surface area (Å²) in [6, 6.07) is 13.9. The Bertz CT molecular complexity index is 667. The number of anilines is 1. The summed E-state index contributed by atoms with van der Waals surface area (Å²) in [5.41, 5.74) is 0.836. The lowest BCUT2D eigenvalue weighted by molar-refractivity contribution is -0.384. The number of nitro groups is 1. The standard InChI is InChI=1S/C16H16N2O3S/c1-11(2)16(19)17-12-3-7-14(8-4-12)22-15-9-5-13(6-10-15)18(20)21/h3-11H,1-2H3,(H,17,19). The Morgan fingerprint density at radius 1 is 1.05 bits per heavy atom. The van der Waals surface area contributed by atoms with E-state index < -0.39 is 4.92 Å². The largest absolute Gasteiger partial charge is 0.326 e. The maximum Gasteiger partial charge on any atom is 0.269 e. The molecule has 1 N–H and O–H groups in total. The topological polar surface area (TPSA) is 72.2 Å². The van der Waals surface area contributed by atoms with Crippen LogP contribution in [-0.2, 0) is 4.79 Å². The van der Waals surface area contributed by atoms with Crippen molar-refractivity contribution < 1.29 is 9.72 Å². The molecule has 2 aromatic rings. The van der Waals surface area contributed by atoms with Crippen LogP contribution in [0.15, 0.2) is 58.3 Å². The lowest BCUT2D eigenvalue weighted by Gasteiger charge is -2.08. The monoisotopic (exact) mass is 316 g/mol. The zero-order valence-corrected chi connectivity index (χ0v) is 13.1. The quantitative estimate of drug-likeness (QED) is 0.658. The maximum absolute atomic E-state index is 11.6. The molecule has 0 saturated carbocycles. The first-order valence-corrected chi connectivity index (χ1v) is 7.60. The number of carbonyl (C=O) groups excluding carboxylic acids is 1. The Morgan fingerprint density at radius 3 is 2.00 bits per heavy atom. The Kier molecular flexibility index (Phi) is 5.16. The smallest absolute Gasteiger partial charge is 0.269 e. The second-order valence-corrected chi connectivity index (χ2v) is 6.17. The summed E-state index contributed by atoms with van der Waals surface area (Å²) < 4.78 is 0. The molecule has 0 aromatic heterocycles. The number of hydrogen-bond acceptors (Lipinski definition) is 4. The fourth-order valence-electron chi connectivity index (χ4n) is 1.66. The number of nitro benzene ring substituents is 1. The predicted octanol–water partition coefficient (Wildman–Crippen LogP) is 4.34. The van der Waals surface area contributed by atoms with Gasteiger partial charge in [0, 0.05) is 33.5 Å². The van der Waals surface area contributed by atoms with Gasteiger partial charge in [-0.15, -0.1) is 0 Å². The maximum atomic E-state index is 11.6. The van der Waals surface area contributed by atoms with Gasteiger partial charge in [0.1, 0.15) is 0 Å². The van der Waals surface area contributed by atoms with E-state index in [-0.39, 0.29) is 17.5 Å². The minimum atomic E-state index is -0.416. The summed E-state index contributed by atoms with van der Waals surface area (Å²) in [5.74, 6) is -0.0788. The highest BCUT2D eigenvalue weighted by Crippen LogP contribution is 2.29. The van der Waals surface area contributed by atoms with Crippen LogP contribution in [0, 0.1) is 16.0 Å². The average molecular weight is 316 g/mol. The molecule has 0 atom stereocenters. The molecule has 0 heterocycles. The summed E-state index contributed by atoms with van der Waals surface area (Å²) in [6.07, 6.45) is 0. The summed E-state index contributed by atoms with van der Waals surface area (Å²) in [7, 11) is 0. The van der Waals surface area contributed by atoms with Crippen LogP contribution >= 0.6 is 11.8 Å². The van der Waals surface area contributed by atoms with Crippen LogP contribution in [0.25, 0.3) is 0 Å². The molecule has 6 heteroatoms. The van der Waals surface area contributed by atoms with Gasteiger partial charge in [0.05, 0.1) is 4.92 Å². The zero-order valence-electron chi connectivity index (χ0n) is 12.3. The summed E-state index contributed by atoms with van der Waals surface area (Å²) >= 11 is 1.51. The molecule has 0 fully saturated rings. The predicted molar refractivity (Wildman–Crippen MR) is 87.1 cm³/mol. The van der Waals surface area contributed by atoms with E-state index >= 15 is 0 Å². The molecule has 0 aliphatic heterocycles. The van der Waals surface area contributed by atoms with E-state index in [9.17, 15) is 14.9 Å². The molecule has 0 bridgehead atoms. The first-order valence-electron chi connectivity index (χ1n) is 6.79. The third-order valence-corrected chi connectivity index (χ3v) is 3.95. The van der Waals surface area contributed by atoms with E-state index in [2.05, 4.69) is 5.32 Å². The van der Waals surface area contributed by atoms with Crippen LogP contribution in [0.5, 0.6) is 0 Å². The fraction of sp³-hybridized carbons (Fsp3) is 0.188. The molecule has 0 saturated heterocycles. The molecule has 5 nitrogen and oxygen atoms in total. The van der Waals surface area contributed by atoms with Gasteiger partial charge in [-0.25, -0.2) is 0 Å². The number of non-ortho nitro benzene ring substituents is 1. The van der Waals surface area contributed by atoms with Crippen molar-refractivity contribution in [3.05, 3.63) is 58.6 Å². The van der Waals surface area contributed by atoms with Gasteiger partial charge in [-0.3, -0.25) is 14.9 Å². The molecule has 0 unspecified atom stereocenters. The molecule has 0 aliphatic rings. The van der Waals surface area contributed by atoms with Gasteiger partial charge in [-0.1, -0.05) is 25.6 Å². The van der Waals surface area contributed by atoms with Crippen LogP contribution in [0.3, 0.4) is 0 Å². The number of nitrogens with one attached hydrogen (secondary N) is 1. The summed E-state index contributed by atoms with van der Waals surface area (Å²) in [4.78, 5) is 23.7. The molecule has 1 amide bonds. The number of hydrogen-bond donors (Lipinski definition) is 1. The van der Waals surface area contributed by atoms with Crippen molar-refractivity contribution in [2.24, 2.45) is 5.92 Å². The lowest BCUT2D eigenvalue weighted by Crippen LogP contribution is -2.17. The first-order chi connectivity index (χ1) is 10.5. The van der Waals surface area contributed by atoms with Gasteiger partial charge in [0.25, 0.3) is 5.69 Å². The summed E-state index contributed by atoms with van der Waals surface area (Å²) in [6.45, 7) is 3.68. The third kappa shape index (κ3) is 4.33. The second-order valence-electron chi connectivity index (χ2n) is 5.02. The molecule has 2 aromatic carbocycles. The Balaban J connectivity index is 2.01. The third-order valence-electron chi connectivity index (χ3n) is 2.93. The molecule has 0 aliphatic carbocycles. The van der Waals surface area contributed by atoms with Gasteiger partial charge in [0.15, 0.2) is 0 Å². The van der Waals surface area contributed by atoms with Gasteiger partial charge < -0.3 is 5.32 Å². The van der Waals surface area contributed by atoms with Crippen LogP contribution in [0.4, 0.5) is 11.4 Å². The van der Waals surface area contributed by atoms with Crippen LogP contribution < -0.4 is 5.32 Å². The molecule has 0 spiro atoms. The highest BCUT2D eigenvalue weighted by Gasteiger charge is 2.07. The van der Waals surface area contributed by atoms with E-state index in [4.69, 9.17) is 0 Å². The second kappa shape index (κ2) is 7.09. The molecule has 114 valence electrons. The number of rotatable bonds is 5. The average Bonchev–Trinajstić information content (AvgIpc) is 2.49. The van der Waals surface area contributed by atoms with E-state index in [0.717, 1.165) is 15.5 Å².